The largest absolute Gasteiger partial charge is 0.420 e. The van der Waals surface area contributed by atoms with E-state index in [1.165, 1.54) is 26.0 Å². The van der Waals surface area contributed by atoms with E-state index in [1.807, 2.05) is 0 Å². The zero-order valence-corrected chi connectivity index (χ0v) is 11.1. The van der Waals surface area contributed by atoms with Crippen LogP contribution in [-0.4, -0.2) is 5.97 Å². The summed E-state index contributed by atoms with van der Waals surface area (Å²) in [6, 6.07) is 4.43. The molecule has 0 aliphatic heterocycles. The van der Waals surface area contributed by atoms with Gasteiger partial charge in [-0.05, 0) is 37.1 Å². The fourth-order valence-corrected chi connectivity index (χ4v) is 1.67. The molecule has 0 saturated heterocycles. The molecule has 2 aromatic rings. The zero-order valence-electron chi connectivity index (χ0n) is 11.1. The van der Waals surface area contributed by atoms with Crippen molar-refractivity contribution in [1.82, 2.24) is 0 Å². The van der Waals surface area contributed by atoms with Crippen LogP contribution in [0.4, 0.5) is 17.6 Å². The predicted octanol–water partition coefficient (Wildman–Crippen LogP) is 4.08. The lowest BCUT2D eigenvalue weighted by molar-refractivity contribution is 0.0720. The van der Waals surface area contributed by atoms with Gasteiger partial charge in [0.15, 0.2) is 23.2 Å². The van der Waals surface area contributed by atoms with Crippen molar-refractivity contribution in [3.63, 3.8) is 0 Å². The summed E-state index contributed by atoms with van der Waals surface area (Å²) in [5, 5.41) is 0. The van der Waals surface area contributed by atoms with Gasteiger partial charge in [0, 0.05) is 0 Å². The average Bonchev–Trinajstić information content (AvgIpc) is 2.45. The second kappa shape index (κ2) is 5.55. The monoisotopic (exact) mass is 298 g/mol. The molecule has 2 aromatic carbocycles. The minimum Gasteiger partial charge on any atom is -0.420 e. The minimum absolute atomic E-state index is 0.0108. The van der Waals surface area contributed by atoms with Gasteiger partial charge in [0.2, 0.25) is 5.82 Å². The molecule has 0 aliphatic rings. The molecule has 0 unspecified atom stereocenters. The Kier molecular flexibility index (Phi) is 3.97. The molecule has 0 fully saturated rings. The van der Waals surface area contributed by atoms with Crippen molar-refractivity contribution >= 4 is 5.97 Å². The van der Waals surface area contributed by atoms with E-state index >= 15 is 0 Å². The zero-order chi connectivity index (χ0) is 15.7. The van der Waals surface area contributed by atoms with Crippen LogP contribution in [0.1, 0.15) is 21.5 Å². The Labute approximate surface area is 118 Å². The maximum Gasteiger partial charge on any atom is 0.346 e. The number of carbonyl (C=O) groups excluding carboxylic acids is 1. The highest BCUT2D eigenvalue weighted by molar-refractivity contribution is 5.91. The number of halogens is 4. The molecule has 0 N–H and O–H groups in total. The molecule has 0 bridgehead atoms. The molecule has 0 radical (unpaired) electrons. The minimum atomic E-state index is -1.40. The molecule has 21 heavy (non-hydrogen) atoms. The molecule has 0 heterocycles. The number of esters is 1. The summed E-state index contributed by atoms with van der Waals surface area (Å²) < 4.78 is 58.5. The Bertz CT molecular complexity index is 726. The van der Waals surface area contributed by atoms with E-state index < -0.39 is 40.6 Å². The van der Waals surface area contributed by atoms with Gasteiger partial charge >= 0.3 is 5.97 Å². The lowest BCUT2D eigenvalue weighted by atomic mass is 10.1. The van der Waals surface area contributed by atoms with Crippen molar-refractivity contribution in [2.24, 2.45) is 0 Å². The molecular weight excluding hydrogens is 288 g/mol. The summed E-state index contributed by atoms with van der Waals surface area (Å²) in [4.78, 5) is 11.7. The van der Waals surface area contributed by atoms with E-state index in [0.29, 0.717) is 0 Å². The van der Waals surface area contributed by atoms with Crippen LogP contribution < -0.4 is 4.74 Å². The van der Waals surface area contributed by atoms with Crippen LogP contribution in [0.15, 0.2) is 24.3 Å². The van der Waals surface area contributed by atoms with E-state index in [-0.39, 0.29) is 11.1 Å². The Morgan fingerprint density at radius 3 is 1.95 bits per heavy atom. The Hall–Kier alpha value is -2.37. The molecule has 2 nitrogen and oxygen atoms in total. The van der Waals surface area contributed by atoms with Gasteiger partial charge in [-0.25, -0.2) is 18.0 Å². The van der Waals surface area contributed by atoms with Crippen LogP contribution >= 0.6 is 0 Å². The summed E-state index contributed by atoms with van der Waals surface area (Å²) in [6.45, 7) is 2.65. The van der Waals surface area contributed by atoms with Gasteiger partial charge in [-0.1, -0.05) is 12.1 Å². The number of benzene rings is 2. The predicted molar refractivity (Wildman–Crippen MR) is 67.1 cm³/mol. The molecule has 0 spiro atoms. The van der Waals surface area contributed by atoms with Crippen molar-refractivity contribution in [1.29, 1.82) is 0 Å². The first-order chi connectivity index (χ1) is 9.82. The van der Waals surface area contributed by atoms with Crippen LogP contribution in [0.3, 0.4) is 0 Å². The first-order valence-corrected chi connectivity index (χ1v) is 5.94. The van der Waals surface area contributed by atoms with E-state index in [9.17, 15) is 22.4 Å². The van der Waals surface area contributed by atoms with Crippen LogP contribution in [-0.2, 0) is 0 Å². The molecule has 0 saturated carbocycles. The van der Waals surface area contributed by atoms with E-state index in [0.717, 1.165) is 12.1 Å². The third-order valence-corrected chi connectivity index (χ3v) is 2.94. The number of ether oxygens (including phenoxy) is 1. The van der Waals surface area contributed by atoms with Crippen molar-refractivity contribution in [2.45, 2.75) is 13.8 Å². The van der Waals surface area contributed by atoms with Crippen molar-refractivity contribution in [3.8, 4) is 5.75 Å². The molecule has 0 aliphatic carbocycles. The number of rotatable bonds is 2. The van der Waals surface area contributed by atoms with Crippen LogP contribution in [0.5, 0.6) is 5.75 Å². The van der Waals surface area contributed by atoms with Gasteiger partial charge in [-0.2, -0.15) is 4.39 Å². The van der Waals surface area contributed by atoms with Crippen LogP contribution in [0.2, 0.25) is 0 Å². The molecule has 0 atom stereocenters. The lowest BCUT2D eigenvalue weighted by Crippen LogP contribution is -2.13. The number of carbonyl (C=O) groups is 1. The molecular formula is C15H10F4O2. The third-order valence-electron chi connectivity index (χ3n) is 2.94. The topological polar surface area (TPSA) is 26.3 Å². The fraction of sp³-hybridized carbons (Fsp3) is 0.133. The molecule has 0 aromatic heterocycles. The standard InChI is InChI=1S/C15H10F4O2/c1-7-3-5-9(13(18)11(7)16)15(20)21-10-6-4-8(2)12(17)14(10)19/h3-6H,1-2H3. The summed E-state index contributed by atoms with van der Waals surface area (Å²) in [7, 11) is 0. The number of hydrogen-bond donors (Lipinski definition) is 0. The average molecular weight is 298 g/mol. The van der Waals surface area contributed by atoms with Crippen molar-refractivity contribution < 1.29 is 27.1 Å². The smallest absolute Gasteiger partial charge is 0.346 e. The van der Waals surface area contributed by atoms with Gasteiger partial charge in [0.1, 0.15) is 0 Å². The first kappa shape index (κ1) is 15.0. The van der Waals surface area contributed by atoms with E-state index in [2.05, 4.69) is 4.74 Å². The second-order valence-corrected chi connectivity index (χ2v) is 4.46. The Balaban J connectivity index is 2.35. The molecule has 6 heteroatoms. The third kappa shape index (κ3) is 2.74. The molecule has 2 rings (SSSR count). The van der Waals surface area contributed by atoms with E-state index in [4.69, 9.17) is 0 Å². The number of aryl methyl sites for hydroxylation is 2. The fourth-order valence-electron chi connectivity index (χ4n) is 1.67. The van der Waals surface area contributed by atoms with Gasteiger partial charge in [-0.15, -0.1) is 0 Å². The van der Waals surface area contributed by atoms with Gasteiger partial charge in [0.25, 0.3) is 0 Å². The normalized spacial score (nSPS) is 10.6. The summed E-state index contributed by atoms with van der Waals surface area (Å²) in [5.74, 6) is -7.13. The Morgan fingerprint density at radius 1 is 0.810 bits per heavy atom. The summed E-state index contributed by atoms with van der Waals surface area (Å²) in [5.41, 5.74) is -0.657. The summed E-state index contributed by atoms with van der Waals surface area (Å²) in [6.07, 6.45) is 0. The maximum atomic E-state index is 13.6. The van der Waals surface area contributed by atoms with Crippen LogP contribution in [0.25, 0.3) is 0 Å². The van der Waals surface area contributed by atoms with Crippen molar-refractivity contribution in [2.75, 3.05) is 0 Å². The van der Waals surface area contributed by atoms with Crippen LogP contribution in [0, 0.1) is 37.1 Å². The number of hydrogen-bond acceptors (Lipinski definition) is 2. The Morgan fingerprint density at radius 2 is 1.33 bits per heavy atom. The first-order valence-electron chi connectivity index (χ1n) is 5.94. The molecule has 0 amide bonds. The quantitative estimate of drug-likeness (QED) is 0.474. The van der Waals surface area contributed by atoms with Gasteiger partial charge in [-0.3, -0.25) is 0 Å². The highest BCUT2D eigenvalue weighted by Crippen LogP contribution is 2.24. The second-order valence-electron chi connectivity index (χ2n) is 4.46. The van der Waals surface area contributed by atoms with Gasteiger partial charge < -0.3 is 4.74 Å². The SMILES string of the molecule is Cc1ccc(OC(=O)c2ccc(C)c(F)c2F)c(F)c1F. The highest BCUT2D eigenvalue weighted by Gasteiger charge is 2.21. The van der Waals surface area contributed by atoms with Gasteiger partial charge in [0.05, 0.1) is 5.56 Å². The maximum absolute atomic E-state index is 13.6. The lowest BCUT2D eigenvalue weighted by Gasteiger charge is -2.08. The van der Waals surface area contributed by atoms with E-state index in [1.54, 1.807) is 0 Å². The van der Waals surface area contributed by atoms with Crippen molar-refractivity contribution in [3.05, 3.63) is 64.2 Å². The highest BCUT2D eigenvalue weighted by atomic mass is 19.2. The molecule has 110 valence electrons. The summed E-state index contributed by atoms with van der Waals surface area (Å²) >= 11 is 0.